The van der Waals surface area contributed by atoms with Crippen molar-refractivity contribution in [2.24, 2.45) is 0 Å². The molecule has 0 atom stereocenters. The number of thiophene rings is 1. The summed E-state index contributed by atoms with van der Waals surface area (Å²) < 4.78 is 2.57. The lowest BCUT2D eigenvalue weighted by molar-refractivity contribution is 0.765. The Morgan fingerprint density at radius 2 is 0.984 bits per heavy atom. The van der Waals surface area contributed by atoms with Crippen molar-refractivity contribution in [1.82, 2.24) is 0 Å². The quantitative estimate of drug-likeness (QED) is 0.147. The number of benzene rings is 10. The zero-order valence-electron chi connectivity index (χ0n) is 35.9. The Bertz CT molecular complexity index is 3470. The van der Waals surface area contributed by atoms with E-state index in [4.69, 9.17) is 0 Å². The van der Waals surface area contributed by atoms with E-state index in [1.807, 2.05) is 11.3 Å². The Balaban J connectivity index is 1.12. The molecule has 1 nitrogen and oxygen atoms in total. The minimum atomic E-state index is -0.533. The Kier molecular flexibility index (Phi) is 9.17. The first-order valence-corrected chi connectivity index (χ1v) is 23.2. The van der Waals surface area contributed by atoms with Gasteiger partial charge in [0, 0.05) is 31.5 Å². The predicted molar refractivity (Wildman–Crippen MR) is 274 cm³/mol. The maximum Gasteiger partial charge on any atom is 0.0714 e. The zero-order valence-corrected chi connectivity index (χ0v) is 36.7. The molecule has 0 unspecified atom stereocenters. The number of fused-ring (bicyclic) bond motifs is 7. The van der Waals surface area contributed by atoms with Crippen molar-refractivity contribution in [3.05, 3.63) is 258 Å². The molecular formula is C62H45NS. The highest BCUT2D eigenvalue weighted by Gasteiger charge is 2.47. The first-order valence-electron chi connectivity index (χ1n) is 22.4. The van der Waals surface area contributed by atoms with Crippen molar-refractivity contribution >= 4 is 59.3 Å². The van der Waals surface area contributed by atoms with Crippen LogP contribution < -0.4 is 4.90 Å². The van der Waals surface area contributed by atoms with Crippen LogP contribution >= 0.6 is 11.3 Å². The summed E-state index contributed by atoms with van der Waals surface area (Å²) in [6, 6.07) is 85.8. The lowest BCUT2D eigenvalue weighted by Gasteiger charge is -2.35. The third kappa shape index (κ3) is 5.98. The summed E-state index contributed by atoms with van der Waals surface area (Å²) in [6.07, 6.45) is 0. The molecule has 0 fully saturated rings. The second-order valence-corrected chi connectivity index (χ2v) is 18.5. The first-order chi connectivity index (χ1) is 31.6. The standard InChI is InChI=1S/C62H45NS/c1-41(2)50-27-16-28-55-60(50)51-37-36-49(40-56(51)62(55,46-22-8-4-9-23-46)47-24-10-5-11-25-47)63(57-29-17-31-59-61(57)52-26-14-15-30-58(52)64-59)48-34-32-43(33-35-48)54-39-45-21-13-12-20-44(45)38-53(54)42-18-6-3-7-19-42/h3-41H,1-2H3. The molecule has 0 saturated carbocycles. The fourth-order valence-electron chi connectivity index (χ4n) is 10.7. The number of hydrogen-bond acceptors (Lipinski definition) is 2. The number of nitrogens with zero attached hydrogens (tertiary/aromatic N) is 1. The monoisotopic (exact) mass is 835 g/mol. The molecule has 1 aromatic heterocycles. The molecule has 1 heterocycles. The molecule has 0 N–H and O–H groups in total. The van der Waals surface area contributed by atoms with Crippen molar-refractivity contribution in [2.45, 2.75) is 25.2 Å². The topological polar surface area (TPSA) is 3.24 Å². The van der Waals surface area contributed by atoms with Crippen molar-refractivity contribution in [2.75, 3.05) is 4.90 Å². The number of anilines is 3. The Morgan fingerprint density at radius 3 is 1.66 bits per heavy atom. The molecule has 0 radical (unpaired) electrons. The predicted octanol–water partition coefficient (Wildman–Crippen LogP) is 17.5. The molecule has 11 aromatic rings. The maximum atomic E-state index is 2.51. The van der Waals surface area contributed by atoms with Crippen molar-refractivity contribution in [3.63, 3.8) is 0 Å². The Hall–Kier alpha value is -7.52. The Morgan fingerprint density at radius 1 is 0.422 bits per heavy atom. The van der Waals surface area contributed by atoms with E-state index in [2.05, 4.69) is 249 Å². The van der Waals surface area contributed by atoms with E-state index < -0.39 is 5.41 Å². The van der Waals surface area contributed by atoms with Crippen LogP contribution in [0.15, 0.2) is 231 Å². The Labute approximate surface area is 379 Å². The molecule has 1 aliphatic rings. The second kappa shape index (κ2) is 15.4. The zero-order chi connectivity index (χ0) is 42.8. The van der Waals surface area contributed by atoms with Gasteiger partial charge in [-0.2, -0.15) is 0 Å². The lowest BCUT2D eigenvalue weighted by atomic mass is 9.67. The fourth-order valence-corrected chi connectivity index (χ4v) is 11.8. The molecule has 0 bridgehead atoms. The van der Waals surface area contributed by atoms with E-state index in [9.17, 15) is 0 Å². The average Bonchev–Trinajstić information content (AvgIpc) is 3.89. The summed E-state index contributed by atoms with van der Waals surface area (Å²) >= 11 is 1.87. The highest BCUT2D eigenvalue weighted by molar-refractivity contribution is 7.26. The van der Waals surface area contributed by atoms with Crippen LogP contribution in [0.2, 0.25) is 0 Å². The largest absolute Gasteiger partial charge is 0.310 e. The molecule has 2 heteroatoms. The minimum absolute atomic E-state index is 0.356. The van der Waals surface area contributed by atoms with Gasteiger partial charge in [0.1, 0.15) is 0 Å². The molecule has 64 heavy (non-hydrogen) atoms. The van der Waals surface area contributed by atoms with Gasteiger partial charge in [-0.25, -0.2) is 0 Å². The van der Waals surface area contributed by atoms with Gasteiger partial charge in [-0.05, 0) is 132 Å². The summed E-state index contributed by atoms with van der Waals surface area (Å²) in [7, 11) is 0. The van der Waals surface area contributed by atoms with Crippen LogP contribution in [0.3, 0.4) is 0 Å². The summed E-state index contributed by atoms with van der Waals surface area (Å²) in [4.78, 5) is 2.51. The number of rotatable bonds is 8. The SMILES string of the molecule is CC(C)c1cccc2c1-c1ccc(N(c3ccc(-c4cc5ccccc5cc4-c4ccccc4)cc3)c3cccc4sc5ccccc5c34)cc1C2(c1ccccc1)c1ccccc1. The maximum absolute atomic E-state index is 2.51. The fraction of sp³-hybridized carbons (Fsp3) is 0.0645. The molecule has 0 saturated heterocycles. The van der Waals surface area contributed by atoms with Gasteiger partial charge in [-0.3, -0.25) is 0 Å². The summed E-state index contributed by atoms with van der Waals surface area (Å²) in [5.74, 6) is 0.356. The van der Waals surface area contributed by atoms with Gasteiger partial charge in [0.25, 0.3) is 0 Å². The van der Waals surface area contributed by atoms with E-state index in [1.54, 1.807) is 0 Å². The third-order valence-electron chi connectivity index (χ3n) is 13.5. The van der Waals surface area contributed by atoms with Crippen LogP contribution in [-0.4, -0.2) is 0 Å². The van der Waals surface area contributed by atoms with Gasteiger partial charge >= 0.3 is 0 Å². The first kappa shape index (κ1) is 38.2. The van der Waals surface area contributed by atoms with Crippen molar-refractivity contribution < 1.29 is 0 Å². The van der Waals surface area contributed by atoms with Crippen LogP contribution in [0, 0.1) is 0 Å². The highest BCUT2D eigenvalue weighted by Crippen LogP contribution is 2.59. The second-order valence-electron chi connectivity index (χ2n) is 17.4. The highest BCUT2D eigenvalue weighted by atomic mass is 32.1. The summed E-state index contributed by atoms with van der Waals surface area (Å²) in [5, 5.41) is 5.03. The lowest BCUT2D eigenvalue weighted by Crippen LogP contribution is -2.28. The molecule has 0 aliphatic heterocycles. The molecule has 304 valence electrons. The van der Waals surface area contributed by atoms with Gasteiger partial charge in [0.05, 0.1) is 11.1 Å². The van der Waals surface area contributed by atoms with E-state index in [0.717, 1.165) is 11.4 Å². The van der Waals surface area contributed by atoms with Crippen molar-refractivity contribution in [1.29, 1.82) is 0 Å². The smallest absolute Gasteiger partial charge is 0.0714 e. The van der Waals surface area contributed by atoms with E-state index in [-0.39, 0.29) is 0 Å². The van der Waals surface area contributed by atoms with Crippen LogP contribution in [0.1, 0.15) is 47.6 Å². The van der Waals surface area contributed by atoms with Crippen LogP contribution in [-0.2, 0) is 5.41 Å². The van der Waals surface area contributed by atoms with Gasteiger partial charge in [0.15, 0.2) is 0 Å². The van der Waals surface area contributed by atoms with E-state index >= 15 is 0 Å². The van der Waals surface area contributed by atoms with Gasteiger partial charge < -0.3 is 4.90 Å². The van der Waals surface area contributed by atoms with Gasteiger partial charge in [0.2, 0.25) is 0 Å². The van der Waals surface area contributed by atoms with Crippen molar-refractivity contribution in [3.8, 4) is 33.4 Å². The molecular weight excluding hydrogens is 791 g/mol. The van der Waals surface area contributed by atoms with Crippen LogP contribution in [0.5, 0.6) is 0 Å². The molecule has 1 aliphatic carbocycles. The van der Waals surface area contributed by atoms with Gasteiger partial charge in [-0.15, -0.1) is 11.3 Å². The van der Waals surface area contributed by atoms with Gasteiger partial charge in [-0.1, -0.05) is 190 Å². The third-order valence-corrected chi connectivity index (χ3v) is 14.6. The normalized spacial score (nSPS) is 12.8. The molecule has 0 spiro atoms. The van der Waals surface area contributed by atoms with Crippen LogP contribution in [0.4, 0.5) is 17.1 Å². The molecule has 12 rings (SSSR count). The summed E-state index contributed by atoms with van der Waals surface area (Å²) in [5.41, 5.74) is 16.9. The summed E-state index contributed by atoms with van der Waals surface area (Å²) in [6.45, 7) is 4.65. The molecule has 10 aromatic carbocycles. The van der Waals surface area contributed by atoms with E-state index in [1.165, 1.54) is 97.8 Å². The van der Waals surface area contributed by atoms with E-state index in [0.29, 0.717) is 5.92 Å². The average molecular weight is 836 g/mol. The molecule has 0 amide bonds. The minimum Gasteiger partial charge on any atom is -0.310 e. The van der Waals surface area contributed by atoms with Crippen LogP contribution in [0.25, 0.3) is 64.3 Å². The number of hydrogen-bond donors (Lipinski definition) is 0.